The highest BCUT2D eigenvalue weighted by atomic mass is 79.9. The molecule has 0 spiro atoms. The Bertz CT molecular complexity index is 1250. The van der Waals surface area contributed by atoms with E-state index in [2.05, 4.69) is 144 Å². The van der Waals surface area contributed by atoms with Gasteiger partial charge in [-0.1, -0.05) is 137 Å². The monoisotopic (exact) mass is 551 g/mol. The Morgan fingerprint density at radius 1 is 0.485 bits per heavy atom. The van der Waals surface area contributed by atoms with Crippen LogP contribution in [0.4, 0.5) is 0 Å². The summed E-state index contributed by atoms with van der Waals surface area (Å²) >= 11 is 3.82. The van der Waals surface area contributed by atoms with Gasteiger partial charge in [0.2, 0.25) is 0 Å². The SMILES string of the molecule is CP1(CBr)=NP(c2ccccc2)(c2ccccc2)=NP(c2ccccc2)(c2ccccc2)=N1. The van der Waals surface area contributed by atoms with Crippen molar-refractivity contribution in [3.05, 3.63) is 121 Å². The molecule has 0 amide bonds. The standard InChI is InChI=1S/C26H25BrN3P3/c1-31(22-27)28-32(23-14-6-2-7-15-23,24-16-8-3-9-17-24)30-33(29-31,25-18-10-4-11-19-25)26-20-12-5-13-21-26/h2-21H,22H2,1H3. The quantitative estimate of drug-likeness (QED) is 0.180. The number of benzene rings is 4. The minimum absolute atomic E-state index is 0.748. The summed E-state index contributed by atoms with van der Waals surface area (Å²) in [5, 5.41) is 5.51. The molecular formula is C26H25BrN3P3. The fraction of sp³-hybridized carbons (Fsp3) is 0.0769. The maximum absolute atomic E-state index is 5.87. The van der Waals surface area contributed by atoms with Gasteiger partial charge in [0.15, 0.2) is 0 Å². The molecule has 1 atom stereocenters. The van der Waals surface area contributed by atoms with Crippen LogP contribution < -0.4 is 21.2 Å². The van der Waals surface area contributed by atoms with Crippen molar-refractivity contribution < 1.29 is 0 Å². The van der Waals surface area contributed by atoms with Crippen molar-refractivity contribution in [3.8, 4) is 0 Å². The van der Waals surface area contributed by atoms with Crippen LogP contribution in [0.3, 0.4) is 0 Å². The highest BCUT2D eigenvalue weighted by molar-refractivity contribution is 9.10. The molecule has 1 unspecified atom stereocenters. The Morgan fingerprint density at radius 3 is 1.09 bits per heavy atom. The summed E-state index contributed by atoms with van der Waals surface area (Å²) in [6, 6.07) is 42.7. The van der Waals surface area contributed by atoms with Crippen molar-refractivity contribution in [1.82, 2.24) is 0 Å². The van der Waals surface area contributed by atoms with E-state index in [0.717, 1.165) is 5.07 Å². The van der Waals surface area contributed by atoms with E-state index in [1.165, 1.54) is 21.2 Å². The molecule has 1 heterocycles. The first kappa shape index (κ1) is 22.8. The third kappa shape index (κ3) is 4.20. The van der Waals surface area contributed by atoms with E-state index in [1.54, 1.807) is 0 Å². The fourth-order valence-electron chi connectivity index (χ4n) is 4.10. The zero-order chi connectivity index (χ0) is 22.8. The molecule has 1 aliphatic heterocycles. The Labute approximate surface area is 204 Å². The molecule has 0 aromatic heterocycles. The van der Waals surface area contributed by atoms with E-state index in [9.17, 15) is 0 Å². The first-order valence-electron chi connectivity index (χ1n) is 10.8. The van der Waals surface area contributed by atoms with E-state index >= 15 is 0 Å². The van der Waals surface area contributed by atoms with E-state index in [4.69, 9.17) is 13.5 Å². The van der Waals surface area contributed by atoms with Crippen LogP contribution in [0.15, 0.2) is 135 Å². The zero-order valence-corrected chi connectivity index (χ0v) is 22.6. The van der Waals surface area contributed by atoms with Crippen molar-refractivity contribution >= 4 is 58.8 Å². The summed E-state index contributed by atoms with van der Waals surface area (Å²) in [5.41, 5.74) is 0. The van der Waals surface area contributed by atoms with Gasteiger partial charge in [-0.3, -0.25) is 0 Å². The van der Waals surface area contributed by atoms with Gasteiger partial charge in [-0.2, -0.15) is 0 Å². The largest absolute Gasteiger partial charge is 0.231 e. The lowest BCUT2D eigenvalue weighted by Crippen LogP contribution is -2.20. The number of hydrogen-bond acceptors (Lipinski definition) is 3. The number of halogens is 1. The lowest BCUT2D eigenvalue weighted by atomic mass is 10.4. The lowest BCUT2D eigenvalue weighted by molar-refractivity contribution is 1.61. The van der Waals surface area contributed by atoms with Crippen LogP contribution in [0.5, 0.6) is 0 Å². The molecule has 33 heavy (non-hydrogen) atoms. The molecule has 0 saturated carbocycles. The Kier molecular flexibility index (Phi) is 6.47. The van der Waals surface area contributed by atoms with Crippen molar-refractivity contribution in [2.75, 3.05) is 11.7 Å². The van der Waals surface area contributed by atoms with Crippen LogP contribution in [-0.4, -0.2) is 11.7 Å². The number of nitrogens with zero attached hydrogens (tertiary/aromatic N) is 3. The van der Waals surface area contributed by atoms with Gasteiger partial charge in [-0.05, 0) is 6.66 Å². The molecule has 1 aliphatic rings. The van der Waals surface area contributed by atoms with Crippen LogP contribution >= 0.6 is 37.5 Å². The second-order valence-electron chi connectivity index (χ2n) is 8.02. The Balaban J connectivity index is 2.02. The van der Waals surface area contributed by atoms with Crippen molar-refractivity contribution in [2.24, 2.45) is 13.5 Å². The summed E-state index contributed by atoms with van der Waals surface area (Å²) in [6.45, 7) is 2.25. The molecular weight excluding hydrogens is 527 g/mol. The molecule has 0 radical (unpaired) electrons. The molecule has 166 valence electrons. The predicted molar refractivity (Wildman–Crippen MR) is 152 cm³/mol. The molecule has 0 bridgehead atoms. The lowest BCUT2D eigenvalue weighted by Gasteiger charge is -2.36. The molecule has 4 aromatic carbocycles. The van der Waals surface area contributed by atoms with Crippen LogP contribution in [-0.2, 0) is 0 Å². The second kappa shape index (κ2) is 9.36. The van der Waals surface area contributed by atoms with Gasteiger partial charge in [0.05, 0.1) is 12.3 Å². The van der Waals surface area contributed by atoms with E-state index in [-0.39, 0.29) is 0 Å². The highest BCUT2D eigenvalue weighted by Gasteiger charge is 2.38. The third-order valence-corrected chi connectivity index (χ3v) is 20.2. The van der Waals surface area contributed by atoms with Crippen LogP contribution in [0, 0.1) is 0 Å². The zero-order valence-electron chi connectivity index (χ0n) is 18.3. The molecule has 0 N–H and O–H groups in total. The number of alkyl halides is 1. The topological polar surface area (TPSA) is 37.1 Å². The average Bonchev–Trinajstić information content (AvgIpc) is 2.90. The minimum Gasteiger partial charge on any atom is -0.231 e. The van der Waals surface area contributed by atoms with Gasteiger partial charge in [0.1, 0.15) is 14.4 Å². The first-order valence-corrected chi connectivity index (χ1v) is 17.6. The molecule has 4 aromatic rings. The van der Waals surface area contributed by atoms with Crippen LogP contribution in [0.1, 0.15) is 0 Å². The van der Waals surface area contributed by atoms with Gasteiger partial charge in [0, 0.05) is 21.2 Å². The molecule has 0 saturated heterocycles. The Morgan fingerprint density at radius 2 is 0.788 bits per heavy atom. The molecule has 5 rings (SSSR count). The maximum Gasteiger partial charge on any atom is 0.137 e. The molecule has 0 fully saturated rings. The summed E-state index contributed by atoms with van der Waals surface area (Å²) in [6.07, 6.45) is 0. The van der Waals surface area contributed by atoms with Gasteiger partial charge >= 0.3 is 0 Å². The van der Waals surface area contributed by atoms with Gasteiger partial charge in [-0.25, -0.2) is 13.5 Å². The predicted octanol–water partition coefficient (Wildman–Crippen LogP) is 7.63. The van der Waals surface area contributed by atoms with Crippen LogP contribution in [0.25, 0.3) is 0 Å². The Hall–Kier alpha value is -1.95. The molecule has 7 heteroatoms. The van der Waals surface area contributed by atoms with Gasteiger partial charge in [-0.15, -0.1) is 0 Å². The van der Waals surface area contributed by atoms with Crippen LogP contribution in [0.2, 0.25) is 0 Å². The van der Waals surface area contributed by atoms with Crippen molar-refractivity contribution in [3.63, 3.8) is 0 Å². The maximum atomic E-state index is 5.87. The van der Waals surface area contributed by atoms with E-state index < -0.39 is 21.6 Å². The fourth-order valence-corrected chi connectivity index (χ4v) is 19.9. The smallest absolute Gasteiger partial charge is 0.137 e. The molecule has 3 nitrogen and oxygen atoms in total. The first-order chi connectivity index (χ1) is 16.1. The van der Waals surface area contributed by atoms with E-state index in [1.807, 2.05) is 0 Å². The normalized spacial score (nSPS) is 20.7. The summed E-state index contributed by atoms with van der Waals surface area (Å²) in [4.78, 5) is 0. The number of rotatable bonds is 5. The van der Waals surface area contributed by atoms with Crippen molar-refractivity contribution in [1.29, 1.82) is 0 Å². The van der Waals surface area contributed by atoms with E-state index in [0.29, 0.717) is 0 Å². The summed E-state index contributed by atoms with van der Waals surface area (Å²) in [5.74, 6) is 0. The molecule has 0 aliphatic carbocycles. The van der Waals surface area contributed by atoms with Gasteiger partial charge in [0.25, 0.3) is 0 Å². The summed E-state index contributed by atoms with van der Waals surface area (Å²) in [7, 11) is -7.00. The summed E-state index contributed by atoms with van der Waals surface area (Å²) < 4.78 is 17.1. The highest BCUT2D eigenvalue weighted by Crippen LogP contribution is 2.76. The second-order valence-corrected chi connectivity index (χ2v) is 18.6. The average molecular weight is 552 g/mol. The number of hydrogen-bond donors (Lipinski definition) is 0. The minimum atomic E-state index is -2.46. The van der Waals surface area contributed by atoms with Gasteiger partial charge < -0.3 is 0 Å². The third-order valence-electron chi connectivity index (χ3n) is 5.59. The van der Waals surface area contributed by atoms with Crippen molar-refractivity contribution in [2.45, 2.75) is 0 Å².